The van der Waals surface area contributed by atoms with Crippen LogP contribution in [0, 0.1) is 0 Å². The molecule has 0 bridgehead atoms. The van der Waals surface area contributed by atoms with E-state index in [1.807, 2.05) is 5.43 Å². The lowest BCUT2D eigenvalue weighted by Crippen LogP contribution is -2.27. The Morgan fingerprint density at radius 3 is 2.45 bits per heavy atom. The van der Waals surface area contributed by atoms with Gasteiger partial charge in [0.2, 0.25) is 0 Å². The van der Waals surface area contributed by atoms with Crippen molar-refractivity contribution in [3.63, 3.8) is 0 Å². The molecule has 0 aliphatic heterocycles. The third kappa shape index (κ3) is 3.90. The van der Waals surface area contributed by atoms with Crippen LogP contribution < -0.4 is 11.2 Å². The zero-order valence-electron chi connectivity index (χ0n) is 6.00. The SMILES string of the molecule is CCC(=NNC(N)=O)C(=O)O. The van der Waals surface area contributed by atoms with Crippen LogP contribution in [0.5, 0.6) is 0 Å². The zero-order valence-corrected chi connectivity index (χ0v) is 6.00. The molecular formula is C5H9N3O3. The lowest BCUT2D eigenvalue weighted by atomic mass is 10.3. The molecule has 6 heteroatoms. The van der Waals surface area contributed by atoms with Gasteiger partial charge in [-0.15, -0.1) is 0 Å². The van der Waals surface area contributed by atoms with Crippen LogP contribution in [0.25, 0.3) is 0 Å². The van der Waals surface area contributed by atoms with Crippen molar-refractivity contribution in [3.05, 3.63) is 0 Å². The molecule has 0 spiro atoms. The Morgan fingerprint density at radius 1 is 1.64 bits per heavy atom. The summed E-state index contributed by atoms with van der Waals surface area (Å²) in [4.78, 5) is 20.3. The Kier molecular flexibility index (Phi) is 3.65. The highest BCUT2D eigenvalue weighted by molar-refractivity contribution is 6.35. The van der Waals surface area contributed by atoms with Crippen molar-refractivity contribution in [3.8, 4) is 0 Å². The number of aliphatic carboxylic acids is 1. The molecular weight excluding hydrogens is 150 g/mol. The number of primary amides is 1. The van der Waals surface area contributed by atoms with E-state index in [0.29, 0.717) is 0 Å². The topological polar surface area (TPSA) is 105 Å². The minimum Gasteiger partial charge on any atom is -0.477 e. The lowest BCUT2D eigenvalue weighted by molar-refractivity contribution is -0.129. The summed E-state index contributed by atoms with van der Waals surface area (Å²) in [6.07, 6.45) is 0.232. The molecule has 0 aromatic heterocycles. The van der Waals surface area contributed by atoms with Crippen molar-refractivity contribution in [1.29, 1.82) is 0 Å². The van der Waals surface area contributed by atoms with Crippen molar-refractivity contribution < 1.29 is 14.7 Å². The highest BCUT2D eigenvalue weighted by Crippen LogP contribution is 1.83. The minimum atomic E-state index is -1.17. The van der Waals surface area contributed by atoms with Crippen LogP contribution in [0.4, 0.5) is 4.79 Å². The monoisotopic (exact) mass is 159 g/mol. The van der Waals surface area contributed by atoms with E-state index < -0.39 is 12.0 Å². The summed E-state index contributed by atoms with van der Waals surface area (Å²) in [6, 6.07) is -0.878. The Morgan fingerprint density at radius 2 is 2.18 bits per heavy atom. The van der Waals surface area contributed by atoms with Gasteiger partial charge in [0.1, 0.15) is 5.71 Å². The van der Waals surface area contributed by atoms with Gasteiger partial charge in [0.25, 0.3) is 0 Å². The van der Waals surface area contributed by atoms with Crippen molar-refractivity contribution in [2.75, 3.05) is 0 Å². The Hall–Kier alpha value is -1.59. The summed E-state index contributed by atoms with van der Waals surface area (Å²) in [5.74, 6) is -1.17. The maximum atomic E-state index is 10.2. The van der Waals surface area contributed by atoms with Gasteiger partial charge in [-0.1, -0.05) is 6.92 Å². The number of rotatable bonds is 3. The maximum Gasteiger partial charge on any atom is 0.352 e. The highest BCUT2D eigenvalue weighted by Gasteiger charge is 2.05. The van der Waals surface area contributed by atoms with E-state index in [-0.39, 0.29) is 12.1 Å². The molecule has 0 aliphatic carbocycles. The largest absolute Gasteiger partial charge is 0.477 e. The van der Waals surface area contributed by atoms with Crippen LogP contribution in [0.1, 0.15) is 13.3 Å². The second-order valence-corrected chi connectivity index (χ2v) is 1.69. The zero-order chi connectivity index (χ0) is 8.85. The van der Waals surface area contributed by atoms with E-state index in [4.69, 9.17) is 5.11 Å². The Balaban J connectivity index is 4.13. The molecule has 0 heterocycles. The van der Waals surface area contributed by atoms with Crippen molar-refractivity contribution in [1.82, 2.24) is 5.43 Å². The third-order valence-electron chi connectivity index (χ3n) is 0.883. The summed E-state index contributed by atoms with van der Waals surface area (Å²) in [6.45, 7) is 1.61. The standard InChI is InChI=1S/C5H9N3O3/c1-2-3(4(9)10)7-8-5(6)11/h2H2,1H3,(H,9,10)(H3,6,8,11). The predicted molar refractivity (Wildman–Crippen MR) is 38.1 cm³/mol. The molecule has 0 atom stereocenters. The van der Waals surface area contributed by atoms with Gasteiger partial charge in [0, 0.05) is 0 Å². The first kappa shape index (κ1) is 9.41. The van der Waals surface area contributed by atoms with Gasteiger partial charge >= 0.3 is 12.0 Å². The van der Waals surface area contributed by atoms with Crippen LogP contribution in [-0.2, 0) is 4.79 Å². The number of hydrogen-bond acceptors (Lipinski definition) is 3. The number of nitrogens with zero attached hydrogens (tertiary/aromatic N) is 1. The van der Waals surface area contributed by atoms with Gasteiger partial charge in [-0.3, -0.25) is 0 Å². The Labute approximate surface area is 63.1 Å². The van der Waals surface area contributed by atoms with Gasteiger partial charge < -0.3 is 10.8 Å². The number of carboxylic acid groups (broad SMARTS) is 1. The summed E-state index contributed by atoms with van der Waals surface area (Å²) >= 11 is 0. The van der Waals surface area contributed by atoms with Gasteiger partial charge in [-0.25, -0.2) is 15.0 Å². The molecule has 0 rings (SSSR count). The number of hydrogen-bond donors (Lipinski definition) is 3. The second-order valence-electron chi connectivity index (χ2n) is 1.69. The van der Waals surface area contributed by atoms with Crippen molar-refractivity contribution >= 4 is 17.7 Å². The first-order valence-corrected chi connectivity index (χ1v) is 2.93. The quantitative estimate of drug-likeness (QED) is 0.382. The molecule has 0 fully saturated rings. The van der Waals surface area contributed by atoms with Crippen LogP contribution in [0.3, 0.4) is 0 Å². The molecule has 0 aromatic rings. The average molecular weight is 159 g/mol. The number of urea groups is 1. The molecule has 0 unspecified atom stereocenters. The number of hydrazone groups is 1. The third-order valence-corrected chi connectivity index (χ3v) is 0.883. The fraction of sp³-hybridized carbons (Fsp3) is 0.400. The first-order valence-electron chi connectivity index (χ1n) is 2.93. The number of carboxylic acids is 1. The Bertz CT molecular complexity index is 199. The lowest BCUT2D eigenvalue weighted by Gasteiger charge is -1.95. The average Bonchev–Trinajstić information content (AvgIpc) is 1.87. The minimum absolute atomic E-state index is 0.135. The second kappa shape index (κ2) is 4.26. The maximum absolute atomic E-state index is 10.2. The van der Waals surface area contributed by atoms with Crippen molar-refractivity contribution in [2.24, 2.45) is 10.8 Å². The summed E-state index contributed by atoms with van der Waals surface area (Å²) in [7, 11) is 0. The van der Waals surface area contributed by atoms with Crippen molar-refractivity contribution in [2.45, 2.75) is 13.3 Å². The highest BCUT2D eigenvalue weighted by atomic mass is 16.4. The normalized spacial score (nSPS) is 10.8. The molecule has 62 valence electrons. The molecule has 0 aliphatic rings. The van der Waals surface area contributed by atoms with Gasteiger partial charge in [0.15, 0.2) is 0 Å². The summed E-state index contributed by atoms with van der Waals surface area (Å²) in [5.41, 5.74) is 6.33. The summed E-state index contributed by atoms with van der Waals surface area (Å²) in [5, 5.41) is 11.6. The molecule has 6 nitrogen and oxygen atoms in total. The van der Waals surface area contributed by atoms with Crippen LogP contribution in [-0.4, -0.2) is 22.8 Å². The molecule has 2 amide bonds. The fourth-order valence-corrected chi connectivity index (χ4v) is 0.401. The molecule has 11 heavy (non-hydrogen) atoms. The number of nitrogens with one attached hydrogen (secondary N) is 1. The first-order chi connectivity index (χ1) is 5.07. The molecule has 0 radical (unpaired) electrons. The van der Waals surface area contributed by atoms with E-state index in [9.17, 15) is 9.59 Å². The van der Waals surface area contributed by atoms with E-state index >= 15 is 0 Å². The fourth-order valence-electron chi connectivity index (χ4n) is 0.401. The molecule has 4 N–H and O–H groups in total. The molecule has 0 aromatic carbocycles. The van der Waals surface area contributed by atoms with Gasteiger partial charge in [-0.2, -0.15) is 5.10 Å². The van der Waals surface area contributed by atoms with E-state index in [0.717, 1.165) is 0 Å². The molecule has 0 saturated heterocycles. The van der Waals surface area contributed by atoms with Crippen LogP contribution in [0.15, 0.2) is 5.10 Å². The predicted octanol–water partition coefficient (Wildman–Crippen LogP) is -0.495. The molecule has 0 saturated carbocycles. The number of carbonyl (C=O) groups is 2. The number of carbonyl (C=O) groups excluding carboxylic acids is 1. The van der Waals surface area contributed by atoms with Gasteiger partial charge in [0.05, 0.1) is 0 Å². The van der Waals surface area contributed by atoms with E-state index in [1.165, 1.54) is 0 Å². The van der Waals surface area contributed by atoms with Gasteiger partial charge in [-0.05, 0) is 6.42 Å². The number of amides is 2. The number of nitrogens with two attached hydrogens (primary N) is 1. The summed E-state index contributed by atoms with van der Waals surface area (Å²) < 4.78 is 0. The van der Waals surface area contributed by atoms with Crippen LogP contribution >= 0.6 is 0 Å². The smallest absolute Gasteiger partial charge is 0.352 e. The van der Waals surface area contributed by atoms with Crippen LogP contribution in [0.2, 0.25) is 0 Å². The van der Waals surface area contributed by atoms with E-state index in [1.54, 1.807) is 6.92 Å². The van der Waals surface area contributed by atoms with E-state index in [2.05, 4.69) is 10.8 Å².